The van der Waals surface area contributed by atoms with Gasteiger partial charge in [-0.1, -0.05) is 37.3 Å². The molecule has 0 N–H and O–H groups in total. The lowest BCUT2D eigenvalue weighted by atomic mass is 10.0. The summed E-state index contributed by atoms with van der Waals surface area (Å²) in [5.41, 5.74) is 2.74. The van der Waals surface area contributed by atoms with Crippen LogP contribution in [-0.4, -0.2) is 48.5 Å². The van der Waals surface area contributed by atoms with Gasteiger partial charge in [0.1, 0.15) is 0 Å². The molecule has 3 nitrogen and oxygen atoms in total. The molecule has 1 unspecified atom stereocenters. The van der Waals surface area contributed by atoms with E-state index < -0.39 is 0 Å². The predicted molar refractivity (Wildman–Crippen MR) is 92.9 cm³/mol. The van der Waals surface area contributed by atoms with Crippen molar-refractivity contribution in [1.29, 1.82) is 0 Å². The average Bonchev–Trinajstić information content (AvgIpc) is 2.54. The van der Waals surface area contributed by atoms with Gasteiger partial charge >= 0.3 is 0 Å². The highest BCUT2D eigenvalue weighted by atomic mass is 15.2. The first kappa shape index (κ1) is 16.7. The lowest BCUT2D eigenvalue weighted by molar-refractivity contribution is 0.224. The first-order valence-corrected chi connectivity index (χ1v) is 7.96. The van der Waals surface area contributed by atoms with Gasteiger partial charge in [0.25, 0.3) is 0 Å². The van der Waals surface area contributed by atoms with Gasteiger partial charge in [0, 0.05) is 38.6 Å². The summed E-state index contributed by atoms with van der Waals surface area (Å²) >= 11 is 0. The SMILES string of the molecule is CC(CN(CCN(C)C)Cc1ccncc1)c1ccccc1. The summed E-state index contributed by atoms with van der Waals surface area (Å²) < 4.78 is 0. The maximum absolute atomic E-state index is 4.11. The van der Waals surface area contributed by atoms with E-state index in [1.54, 1.807) is 0 Å². The van der Waals surface area contributed by atoms with Crippen LogP contribution in [0.15, 0.2) is 54.9 Å². The van der Waals surface area contributed by atoms with E-state index in [1.807, 2.05) is 12.4 Å². The van der Waals surface area contributed by atoms with E-state index in [-0.39, 0.29) is 0 Å². The van der Waals surface area contributed by atoms with Crippen LogP contribution in [0.4, 0.5) is 0 Å². The molecule has 0 saturated carbocycles. The summed E-state index contributed by atoms with van der Waals surface area (Å²) in [5.74, 6) is 0.533. The largest absolute Gasteiger partial charge is 0.308 e. The average molecular weight is 297 g/mol. The number of nitrogens with zero attached hydrogens (tertiary/aromatic N) is 3. The molecule has 0 spiro atoms. The van der Waals surface area contributed by atoms with Crippen molar-refractivity contribution < 1.29 is 0 Å². The fraction of sp³-hybridized carbons (Fsp3) is 0.421. The van der Waals surface area contributed by atoms with Crippen molar-refractivity contribution in [3.05, 3.63) is 66.0 Å². The van der Waals surface area contributed by atoms with Crippen LogP contribution >= 0.6 is 0 Å². The van der Waals surface area contributed by atoms with Crippen LogP contribution in [-0.2, 0) is 6.54 Å². The molecule has 2 aromatic rings. The van der Waals surface area contributed by atoms with Crippen LogP contribution in [0, 0.1) is 0 Å². The van der Waals surface area contributed by atoms with Crippen molar-refractivity contribution >= 4 is 0 Å². The van der Waals surface area contributed by atoms with Gasteiger partial charge < -0.3 is 4.90 Å². The first-order chi connectivity index (χ1) is 10.6. The van der Waals surface area contributed by atoms with Gasteiger partial charge in [0.2, 0.25) is 0 Å². The molecule has 22 heavy (non-hydrogen) atoms. The molecule has 0 saturated heterocycles. The quantitative estimate of drug-likeness (QED) is 0.745. The second-order valence-electron chi connectivity index (χ2n) is 6.21. The van der Waals surface area contributed by atoms with Gasteiger partial charge in [-0.2, -0.15) is 0 Å². The normalized spacial score (nSPS) is 12.8. The number of likely N-dealkylation sites (N-methyl/N-ethyl adjacent to an activating group) is 1. The molecule has 1 aromatic carbocycles. The summed E-state index contributed by atoms with van der Waals surface area (Å²) in [6.07, 6.45) is 3.75. The minimum atomic E-state index is 0.533. The van der Waals surface area contributed by atoms with Crippen LogP contribution in [0.5, 0.6) is 0 Å². The fourth-order valence-corrected chi connectivity index (χ4v) is 2.60. The van der Waals surface area contributed by atoms with Crippen LogP contribution in [0.25, 0.3) is 0 Å². The molecule has 3 heteroatoms. The van der Waals surface area contributed by atoms with Crippen LogP contribution < -0.4 is 0 Å². The number of hydrogen-bond donors (Lipinski definition) is 0. The van der Waals surface area contributed by atoms with Gasteiger partial charge in [0.15, 0.2) is 0 Å². The zero-order chi connectivity index (χ0) is 15.8. The second-order valence-corrected chi connectivity index (χ2v) is 6.21. The molecular formula is C19H27N3. The minimum Gasteiger partial charge on any atom is -0.308 e. The number of rotatable bonds is 8. The van der Waals surface area contributed by atoms with Gasteiger partial charge in [0.05, 0.1) is 0 Å². The van der Waals surface area contributed by atoms with Crippen LogP contribution in [0.3, 0.4) is 0 Å². The zero-order valence-electron chi connectivity index (χ0n) is 13.9. The molecular weight excluding hydrogens is 270 g/mol. The summed E-state index contributed by atoms with van der Waals surface area (Å²) in [6, 6.07) is 15.0. The highest BCUT2D eigenvalue weighted by Crippen LogP contribution is 2.17. The standard InChI is InChI=1S/C19H27N3/c1-17(19-7-5-4-6-8-19)15-22(14-13-21(2)3)16-18-9-11-20-12-10-18/h4-12,17H,13-16H2,1-3H3. The van der Waals surface area contributed by atoms with Crippen molar-refractivity contribution in [2.45, 2.75) is 19.4 Å². The zero-order valence-corrected chi connectivity index (χ0v) is 13.9. The molecule has 2 rings (SSSR count). The predicted octanol–water partition coefficient (Wildman–Crippen LogP) is 3.25. The highest BCUT2D eigenvalue weighted by molar-refractivity contribution is 5.19. The van der Waals surface area contributed by atoms with Crippen molar-refractivity contribution in [3.63, 3.8) is 0 Å². The maximum Gasteiger partial charge on any atom is 0.0271 e. The van der Waals surface area contributed by atoms with Crippen molar-refractivity contribution in [3.8, 4) is 0 Å². The summed E-state index contributed by atoms with van der Waals surface area (Å²) in [4.78, 5) is 8.89. The molecule has 1 atom stereocenters. The molecule has 1 heterocycles. The van der Waals surface area contributed by atoms with Gasteiger partial charge in [-0.05, 0) is 43.3 Å². The number of benzene rings is 1. The summed E-state index contributed by atoms with van der Waals surface area (Å²) in [6.45, 7) is 6.51. The molecule has 118 valence electrons. The summed E-state index contributed by atoms with van der Waals surface area (Å²) in [7, 11) is 4.26. The maximum atomic E-state index is 4.11. The van der Waals surface area contributed by atoms with E-state index in [1.165, 1.54) is 11.1 Å². The van der Waals surface area contributed by atoms with Crippen molar-refractivity contribution in [2.75, 3.05) is 33.7 Å². The highest BCUT2D eigenvalue weighted by Gasteiger charge is 2.12. The smallest absolute Gasteiger partial charge is 0.0271 e. The molecule has 1 aromatic heterocycles. The van der Waals surface area contributed by atoms with E-state index in [0.717, 1.165) is 26.2 Å². The molecule has 0 aliphatic carbocycles. The molecule has 0 radical (unpaired) electrons. The van der Waals surface area contributed by atoms with E-state index in [4.69, 9.17) is 0 Å². The van der Waals surface area contributed by atoms with Crippen LogP contribution in [0.1, 0.15) is 24.0 Å². The Morgan fingerprint density at radius 3 is 2.27 bits per heavy atom. The third-order valence-corrected chi connectivity index (χ3v) is 3.92. The van der Waals surface area contributed by atoms with Crippen molar-refractivity contribution in [2.24, 2.45) is 0 Å². The fourth-order valence-electron chi connectivity index (χ4n) is 2.60. The molecule has 0 aliphatic heterocycles. The molecule has 0 bridgehead atoms. The van der Waals surface area contributed by atoms with Gasteiger partial charge in [-0.25, -0.2) is 0 Å². The van der Waals surface area contributed by atoms with E-state index in [0.29, 0.717) is 5.92 Å². The Labute approximate surface area is 134 Å². The molecule has 0 aliphatic rings. The molecule has 0 fully saturated rings. The Morgan fingerprint density at radius 2 is 1.64 bits per heavy atom. The van der Waals surface area contributed by atoms with E-state index in [2.05, 4.69) is 78.3 Å². The van der Waals surface area contributed by atoms with Crippen LogP contribution in [0.2, 0.25) is 0 Å². The topological polar surface area (TPSA) is 19.4 Å². The van der Waals surface area contributed by atoms with E-state index >= 15 is 0 Å². The second kappa shape index (κ2) is 8.66. The number of pyridine rings is 1. The number of aromatic nitrogens is 1. The number of hydrogen-bond acceptors (Lipinski definition) is 3. The van der Waals surface area contributed by atoms with Gasteiger partial charge in [-0.15, -0.1) is 0 Å². The first-order valence-electron chi connectivity index (χ1n) is 7.96. The Kier molecular flexibility index (Phi) is 6.56. The summed E-state index contributed by atoms with van der Waals surface area (Å²) in [5, 5.41) is 0. The monoisotopic (exact) mass is 297 g/mol. The third kappa shape index (κ3) is 5.58. The Morgan fingerprint density at radius 1 is 0.955 bits per heavy atom. The Hall–Kier alpha value is -1.71. The minimum absolute atomic E-state index is 0.533. The lowest BCUT2D eigenvalue weighted by Gasteiger charge is -2.27. The van der Waals surface area contributed by atoms with E-state index in [9.17, 15) is 0 Å². The van der Waals surface area contributed by atoms with Crippen molar-refractivity contribution in [1.82, 2.24) is 14.8 Å². The third-order valence-electron chi connectivity index (χ3n) is 3.92. The Balaban J connectivity index is 2.00. The Bertz CT molecular complexity index is 525. The lowest BCUT2D eigenvalue weighted by Crippen LogP contribution is -2.34. The van der Waals surface area contributed by atoms with Gasteiger partial charge in [-0.3, -0.25) is 9.88 Å². The molecule has 0 amide bonds.